The van der Waals surface area contributed by atoms with Gasteiger partial charge < -0.3 is 5.32 Å². The van der Waals surface area contributed by atoms with E-state index in [1.165, 1.54) is 25.3 Å². The van der Waals surface area contributed by atoms with Gasteiger partial charge in [0.05, 0.1) is 0 Å². The van der Waals surface area contributed by atoms with Gasteiger partial charge in [0, 0.05) is 12.0 Å². The lowest BCUT2D eigenvalue weighted by atomic mass is 9.97. The van der Waals surface area contributed by atoms with E-state index in [2.05, 4.69) is 31.0 Å². The molecule has 0 aromatic rings. The van der Waals surface area contributed by atoms with E-state index in [1.807, 2.05) is 0 Å². The first-order valence-electron chi connectivity index (χ1n) is 3.92. The van der Waals surface area contributed by atoms with Gasteiger partial charge in [-0.2, -0.15) is 0 Å². The van der Waals surface area contributed by atoms with Crippen LogP contribution < -0.4 is 5.32 Å². The van der Waals surface area contributed by atoms with Crippen LogP contribution in [0, 0.1) is 31.6 Å². The minimum absolute atomic E-state index is 0.648. The van der Waals surface area contributed by atoms with E-state index in [0.717, 1.165) is 0 Å². The summed E-state index contributed by atoms with van der Waals surface area (Å²) >= 11 is 0. The van der Waals surface area contributed by atoms with Crippen molar-refractivity contribution in [3.8, 4) is 0 Å². The quantitative estimate of drug-likeness (QED) is 0.567. The molecule has 2 aliphatic rings. The lowest BCUT2D eigenvalue weighted by Crippen LogP contribution is -2.27. The van der Waals surface area contributed by atoms with Crippen LogP contribution in [0.3, 0.4) is 0 Å². The summed E-state index contributed by atoms with van der Waals surface area (Å²) in [5.74, 6) is 1.46. The fourth-order valence-corrected chi connectivity index (χ4v) is 1.59. The molecule has 5 radical (unpaired) electrons. The van der Waals surface area contributed by atoms with E-state index in [4.69, 9.17) is 0 Å². The molecule has 2 fully saturated rings. The second-order valence-corrected chi connectivity index (χ2v) is 2.87. The molecule has 1 N–H and O–H groups in total. The Kier molecular flexibility index (Phi) is 1.94. The highest BCUT2D eigenvalue weighted by Gasteiger charge is 2.27. The second kappa shape index (κ2) is 2.91. The van der Waals surface area contributed by atoms with E-state index in [9.17, 15) is 0 Å². The van der Waals surface area contributed by atoms with E-state index in [1.54, 1.807) is 0 Å². The van der Waals surface area contributed by atoms with Crippen LogP contribution in [0.2, 0.25) is 0 Å². The molecule has 1 saturated carbocycles. The van der Waals surface area contributed by atoms with Crippen molar-refractivity contribution in [2.45, 2.75) is 18.9 Å². The zero-order valence-corrected chi connectivity index (χ0v) is 6.01. The zero-order chi connectivity index (χ0) is 6.81. The van der Waals surface area contributed by atoms with Crippen molar-refractivity contribution < 1.29 is 0 Å². The van der Waals surface area contributed by atoms with Crippen LogP contribution in [-0.4, -0.2) is 12.6 Å². The Balaban J connectivity index is 1.85. The van der Waals surface area contributed by atoms with Crippen LogP contribution in [0.25, 0.3) is 0 Å². The maximum absolute atomic E-state index is 3.46. The van der Waals surface area contributed by atoms with E-state index in [0.29, 0.717) is 6.04 Å². The van der Waals surface area contributed by atoms with Crippen LogP contribution in [0.4, 0.5) is 0 Å². The van der Waals surface area contributed by atoms with Gasteiger partial charge in [0.1, 0.15) is 0 Å². The molecule has 0 aromatic heterocycles. The number of nitrogens with one attached hydrogen (secondary N) is 1. The predicted molar refractivity (Wildman–Crippen MR) is 41.5 cm³/mol. The lowest BCUT2D eigenvalue weighted by molar-refractivity contribution is 0.650. The maximum atomic E-state index is 3.46. The first kappa shape index (κ1) is 6.66. The third-order valence-corrected chi connectivity index (χ3v) is 2.15. The van der Waals surface area contributed by atoms with Gasteiger partial charge in [0.25, 0.3) is 0 Å². The monoisotopic (exact) mass is 134 g/mol. The van der Waals surface area contributed by atoms with E-state index < -0.39 is 0 Å². The van der Waals surface area contributed by atoms with E-state index in [-0.39, 0.29) is 0 Å². The number of hydrogen-bond donors (Lipinski definition) is 1. The minimum Gasteiger partial charge on any atom is -0.313 e. The molecule has 0 spiro atoms. The third kappa shape index (κ3) is 1.20. The standard InChI is InChI=1S/C9H12N/c1-2-5-8(4-1)9-6-3-7-10-9/h1-2,4-5,9-10H,3,6-7H2/t9-/m1/s1. The lowest BCUT2D eigenvalue weighted by Gasteiger charge is -2.15. The Labute approximate surface area is 63.2 Å². The summed E-state index contributed by atoms with van der Waals surface area (Å²) in [5, 5.41) is 3.46. The summed E-state index contributed by atoms with van der Waals surface area (Å²) in [6, 6.07) is 0.648. The highest BCUT2D eigenvalue weighted by atomic mass is 14.9. The van der Waals surface area contributed by atoms with Crippen molar-refractivity contribution in [2.75, 3.05) is 6.54 Å². The maximum Gasteiger partial charge on any atom is 0.0136 e. The Morgan fingerprint density at radius 3 is 2.70 bits per heavy atom. The third-order valence-electron chi connectivity index (χ3n) is 2.15. The van der Waals surface area contributed by atoms with Crippen molar-refractivity contribution in [1.29, 1.82) is 0 Å². The topological polar surface area (TPSA) is 12.0 Å². The summed E-state index contributed by atoms with van der Waals surface area (Å²) in [6.45, 7) is 1.19. The first-order valence-corrected chi connectivity index (χ1v) is 3.92. The minimum atomic E-state index is 0.648. The molecule has 1 heteroatoms. The number of rotatable bonds is 1. The highest BCUT2D eigenvalue weighted by Crippen LogP contribution is 2.29. The highest BCUT2D eigenvalue weighted by molar-refractivity contribution is 5.38. The summed E-state index contributed by atoms with van der Waals surface area (Å²) in [4.78, 5) is 0. The molecule has 0 unspecified atom stereocenters. The van der Waals surface area contributed by atoms with Crippen LogP contribution in [0.5, 0.6) is 0 Å². The fourth-order valence-electron chi connectivity index (χ4n) is 1.59. The summed E-state index contributed by atoms with van der Waals surface area (Å²) in [6.07, 6.45) is 11.2. The van der Waals surface area contributed by atoms with Gasteiger partial charge in [-0.15, -0.1) is 0 Å². The molecule has 10 heavy (non-hydrogen) atoms. The van der Waals surface area contributed by atoms with Crippen molar-refractivity contribution in [3.63, 3.8) is 0 Å². The molecule has 0 bridgehead atoms. The van der Waals surface area contributed by atoms with Crippen LogP contribution in [-0.2, 0) is 0 Å². The van der Waals surface area contributed by atoms with Gasteiger partial charge in [0.2, 0.25) is 0 Å². The molecule has 1 nitrogen and oxygen atoms in total. The molecule has 0 aromatic carbocycles. The zero-order valence-electron chi connectivity index (χ0n) is 6.01. The molecule has 1 aliphatic heterocycles. The molecule has 1 atom stereocenters. The summed E-state index contributed by atoms with van der Waals surface area (Å²) < 4.78 is 0. The fraction of sp³-hybridized carbons (Fsp3) is 0.444. The van der Waals surface area contributed by atoms with Crippen molar-refractivity contribution in [3.05, 3.63) is 31.6 Å². The van der Waals surface area contributed by atoms with Crippen molar-refractivity contribution in [1.82, 2.24) is 5.32 Å². The Morgan fingerprint density at radius 2 is 2.10 bits per heavy atom. The molecule has 1 heterocycles. The Bertz CT molecular complexity index is 85.3. The number of hydrogen-bond acceptors (Lipinski definition) is 1. The molecule has 1 aliphatic carbocycles. The Hall–Kier alpha value is -0.0400. The molecule has 1 saturated heterocycles. The van der Waals surface area contributed by atoms with Gasteiger partial charge in [-0.1, -0.05) is 0 Å². The largest absolute Gasteiger partial charge is 0.313 e. The summed E-state index contributed by atoms with van der Waals surface area (Å²) in [5.41, 5.74) is 0. The smallest absolute Gasteiger partial charge is 0.0136 e. The normalized spacial score (nSPS) is 35.4. The van der Waals surface area contributed by atoms with Gasteiger partial charge in [-0.3, -0.25) is 0 Å². The molecular weight excluding hydrogens is 122 g/mol. The van der Waals surface area contributed by atoms with E-state index >= 15 is 0 Å². The van der Waals surface area contributed by atoms with Gasteiger partial charge >= 0.3 is 0 Å². The Morgan fingerprint density at radius 1 is 1.30 bits per heavy atom. The molecular formula is C9H12N. The molecule has 53 valence electrons. The SMILES string of the molecule is [CH]1[CH][CH][C]([C@H]2CCCN2)[CH]1. The summed E-state index contributed by atoms with van der Waals surface area (Å²) in [7, 11) is 0. The van der Waals surface area contributed by atoms with Crippen molar-refractivity contribution in [2.24, 2.45) is 0 Å². The van der Waals surface area contributed by atoms with Gasteiger partial charge in [-0.25, -0.2) is 0 Å². The van der Waals surface area contributed by atoms with Crippen molar-refractivity contribution >= 4 is 0 Å². The van der Waals surface area contributed by atoms with Gasteiger partial charge in [0.15, 0.2) is 0 Å². The van der Waals surface area contributed by atoms with Crippen LogP contribution in [0.1, 0.15) is 12.8 Å². The van der Waals surface area contributed by atoms with Crippen LogP contribution >= 0.6 is 0 Å². The molecule has 0 amide bonds. The first-order chi connectivity index (χ1) is 4.97. The molecule has 2 rings (SSSR count). The average Bonchev–Trinajstić information content (AvgIpc) is 2.59. The van der Waals surface area contributed by atoms with Crippen LogP contribution in [0.15, 0.2) is 0 Å². The van der Waals surface area contributed by atoms with Gasteiger partial charge in [-0.05, 0) is 45.1 Å². The average molecular weight is 134 g/mol. The predicted octanol–water partition coefficient (Wildman–Crippen LogP) is 1.14. The second-order valence-electron chi connectivity index (χ2n) is 2.87.